The molecule has 1 fully saturated rings. The Morgan fingerprint density at radius 2 is 2.00 bits per heavy atom. The molecule has 1 aromatic heterocycles. The fraction of sp³-hybridized carbons (Fsp3) is 0.545. The zero-order valence-corrected chi connectivity index (χ0v) is 17.8. The number of hydrogen-bond donors (Lipinski definition) is 2. The second-order valence-corrected chi connectivity index (χ2v) is 9.32. The zero-order valence-electron chi connectivity index (χ0n) is 17.1. The van der Waals surface area contributed by atoms with Gasteiger partial charge < -0.3 is 19.6 Å². The third kappa shape index (κ3) is 5.97. The van der Waals surface area contributed by atoms with Gasteiger partial charge in [0.1, 0.15) is 11.2 Å². The van der Waals surface area contributed by atoms with Gasteiger partial charge in [-0.25, -0.2) is 9.59 Å². The molecule has 0 atom stereocenters. The molecule has 3 rings (SSSR count). The van der Waals surface area contributed by atoms with Crippen molar-refractivity contribution >= 4 is 28.7 Å². The molecule has 1 amide bonds. The molecule has 29 heavy (non-hydrogen) atoms. The summed E-state index contributed by atoms with van der Waals surface area (Å²) in [6, 6.07) is 6.60. The number of carbonyl (C=O) groups excluding carboxylic acids is 1. The number of fused-ring (bicyclic) bond motifs is 1. The molecule has 6 nitrogen and oxygen atoms in total. The van der Waals surface area contributed by atoms with Gasteiger partial charge >= 0.3 is 11.7 Å². The quantitative estimate of drug-likeness (QED) is 0.705. The van der Waals surface area contributed by atoms with Crippen molar-refractivity contribution in [1.29, 1.82) is 0 Å². The van der Waals surface area contributed by atoms with Crippen LogP contribution in [0.4, 0.5) is 4.79 Å². The van der Waals surface area contributed by atoms with E-state index in [0.717, 1.165) is 10.9 Å². The van der Waals surface area contributed by atoms with Crippen LogP contribution in [0.5, 0.6) is 0 Å². The highest BCUT2D eigenvalue weighted by atomic mass is 35.5. The van der Waals surface area contributed by atoms with Crippen LogP contribution in [-0.2, 0) is 11.2 Å². The lowest BCUT2D eigenvalue weighted by atomic mass is 9.79. The molecule has 1 aromatic carbocycles. The minimum atomic E-state index is -0.824. The van der Waals surface area contributed by atoms with E-state index in [4.69, 9.17) is 20.8 Å². The van der Waals surface area contributed by atoms with Gasteiger partial charge in [0.05, 0.1) is 5.60 Å². The largest absolute Gasteiger partial charge is 0.444 e. The second-order valence-electron chi connectivity index (χ2n) is 8.88. The highest BCUT2D eigenvalue weighted by Crippen LogP contribution is 2.34. The van der Waals surface area contributed by atoms with Gasteiger partial charge in [-0.3, -0.25) is 0 Å². The molecule has 1 aliphatic carbocycles. The van der Waals surface area contributed by atoms with Crippen molar-refractivity contribution in [3.63, 3.8) is 0 Å². The molecule has 1 aliphatic rings. The van der Waals surface area contributed by atoms with Crippen molar-refractivity contribution in [2.45, 2.75) is 76.5 Å². The average molecular weight is 422 g/mol. The Morgan fingerprint density at radius 3 is 2.66 bits per heavy atom. The highest BCUT2D eigenvalue weighted by Gasteiger charge is 2.34. The molecule has 0 saturated heterocycles. The van der Waals surface area contributed by atoms with Gasteiger partial charge in [0.2, 0.25) is 0 Å². The number of benzene rings is 1. The zero-order chi connectivity index (χ0) is 21.2. The maximum absolute atomic E-state index is 11.9. The predicted octanol–water partition coefficient (Wildman–Crippen LogP) is 4.58. The second kappa shape index (κ2) is 8.36. The Balaban J connectivity index is 1.60. The first-order chi connectivity index (χ1) is 13.5. The standard InChI is InChI=1S/C22H28ClNO5/c1-21(2,3)29-20(26)24-17-7-10-22(27,11-8-17)9-6-15-13-16(23)12-14-4-5-18(25)28-19(14)15/h4-5,12-13,17,27H,6-11H2,1-3H3,(H,24,26). The normalized spacial score (nSPS) is 22.4. The molecule has 0 bridgehead atoms. The summed E-state index contributed by atoms with van der Waals surface area (Å²) < 4.78 is 10.7. The lowest BCUT2D eigenvalue weighted by molar-refractivity contribution is -0.0128. The first-order valence-electron chi connectivity index (χ1n) is 9.97. The van der Waals surface area contributed by atoms with E-state index in [-0.39, 0.29) is 6.04 Å². The molecule has 0 unspecified atom stereocenters. The van der Waals surface area contributed by atoms with Gasteiger partial charge in [0, 0.05) is 22.5 Å². The van der Waals surface area contributed by atoms with E-state index in [1.54, 1.807) is 18.2 Å². The van der Waals surface area contributed by atoms with Crippen LogP contribution in [0.25, 0.3) is 11.0 Å². The number of aryl methyl sites for hydroxylation is 1. The maximum Gasteiger partial charge on any atom is 0.407 e. The van der Waals surface area contributed by atoms with Gasteiger partial charge in [-0.05, 0) is 83.1 Å². The number of aliphatic hydroxyl groups is 1. The molecule has 2 aromatic rings. The minimum Gasteiger partial charge on any atom is -0.444 e. The van der Waals surface area contributed by atoms with Crippen LogP contribution >= 0.6 is 11.6 Å². The maximum atomic E-state index is 11.9. The summed E-state index contributed by atoms with van der Waals surface area (Å²) in [4.78, 5) is 23.5. The van der Waals surface area contributed by atoms with E-state index in [1.165, 1.54) is 6.07 Å². The number of carbonyl (C=O) groups is 1. The Bertz CT molecular complexity index is 938. The van der Waals surface area contributed by atoms with Crippen LogP contribution in [-0.4, -0.2) is 28.4 Å². The fourth-order valence-corrected chi connectivity index (χ4v) is 4.04. The van der Waals surface area contributed by atoms with Crippen molar-refractivity contribution in [2.75, 3.05) is 0 Å². The van der Waals surface area contributed by atoms with Crippen LogP contribution < -0.4 is 10.9 Å². The van der Waals surface area contributed by atoms with Crippen LogP contribution in [0.1, 0.15) is 58.4 Å². The van der Waals surface area contributed by atoms with Crippen LogP contribution in [0.3, 0.4) is 0 Å². The number of hydrogen-bond acceptors (Lipinski definition) is 5. The summed E-state index contributed by atoms with van der Waals surface area (Å²) in [6.07, 6.45) is 3.17. The summed E-state index contributed by atoms with van der Waals surface area (Å²) in [5.41, 5.74) is -0.434. The Kier molecular flexibility index (Phi) is 6.24. The molecule has 0 radical (unpaired) electrons. The lowest BCUT2D eigenvalue weighted by Crippen LogP contribution is -2.45. The fourth-order valence-electron chi connectivity index (χ4n) is 3.79. The highest BCUT2D eigenvalue weighted by molar-refractivity contribution is 6.31. The number of ether oxygens (including phenoxy) is 1. The van der Waals surface area contributed by atoms with E-state index in [9.17, 15) is 14.7 Å². The lowest BCUT2D eigenvalue weighted by Gasteiger charge is -2.36. The molecule has 7 heteroatoms. The van der Waals surface area contributed by atoms with Crippen molar-refractivity contribution in [1.82, 2.24) is 5.32 Å². The molecular formula is C22H28ClNO5. The van der Waals surface area contributed by atoms with Crippen molar-refractivity contribution in [2.24, 2.45) is 0 Å². The van der Waals surface area contributed by atoms with E-state index in [2.05, 4.69) is 5.32 Å². The Hall–Kier alpha value is -2.05. The molecule has 0 aliphatic heterocycles. The van der Waals surface area contributed by atoms with Gasteiger partial charge in [0.25, 0.3) is 0 Å². The molecular weight excluding hydrogens is 394 g/mol. The van der Waals surface area contributed by atoms with Crippen molar-refractivity contribution < 1.29 is 19.1 Å². The van der Waals surface area contributed by atoms with Crippen molar-refractivity contribution in [3.8, 4) is 0 Å². The summed E-state index contributed by atoms with van der Waals surface area (Å²) in [5.74, 6) is 0. The summed E-state index contributed by atoms with van der Waals surface area (Å²) in [6.45, 7) is 5.48. The van der Waals surface area contributed by atoms with Gasteiger partial charge in [-0.15, -0.1) is 0 Å². The van der Waals surface area contributed by atoms with Crippen LogP contribution in [0, 0.1) is 0 Å². The molecule has 0 spiro atoms. The van der Waals surface area contributed by atoms with E-state index >= 15 is 0 Å². The summed E-state index contributed by atoms with van der Waals surface area (Å²) >= 11 is 6.20. The number of nitrogens with one attached hydrogen (secondary N) is 1. The van der Waals surface area contributed by atoms with Gasteiger partial charge in [-0.2, -0.15) is 0 Å². The monoisotopic (exact) mass is 421 g/mol. The summed E-state index contributed by atoms with van der Waals surface area (Å²) in [7, 11) is 0. The number of alkyl carbamates (subject to hydrolysis) is 1. The SMILES string of the molecule is CC(C)(C)OC(=O)NC1CCC(O)(CCc2cc(Cl)cc3ccc(=O)oc23)CC1. The first kappa shape index (κ1) is 21.7. The molecule has 1 heterocycles. The number of halogens is 1. The van der Waals surface area contributed by atoms with Gasteiger partial charge in [-0.1, -0.05) is 11.6 Å². The van der Waals surface area contributed by atoms with E-state index in [0.29, 0.717) is 49.1 Å². The van der Waals surface area contributed by atoms with Crippen LogP contribution in [0.2, 0.25) is 5.02 Å². The predicted molar refractivity (Wildman–Crippen MR) is 112 cm³/mol. The van der Waals surface area contributed by atoms with Gasteiger partial charge in [0.15, 0.2) is 0 Å². The number of rotatable bonds is 4. The Morgan fingerprint density at radius 1 is 1.31 bits per heavy atom. The summed E-state index contributed by atoms with van der Waals surface area (Å²) in [5, 5.41) is 15.2. The average Bonchev–Trinajstić information content (AvgIpc) is 2.61. The van der Waals surface area contributed by atoms with Crippen LogP contribution in [0.15, 0.2) is 33.5 Å². The first-order valence-corrected chi connectivity index (χ1v) is 10.4. The molecule has 1 saturated carbocycles. The van der Waals surface area contributed by atoms with E-state index in [1.807, 2.05) is 20.8 Å². The third-order valence-corrected chi connectivity index (χ3v) is 5.48. The third-order valence-electron chi connectivity index (χ3n) is 5.26. The van der Waals surface area contributed by atoms with E-state index < -0.39 is 22.9 Å². The number of amides is 1. The molecule has 158 valence electrons. The smallest absolute Gasteiger partial charge is 0.407 e. The Labute approximate surface area is 175 Å². The van der Waals surface area contributed by atoms with Crippen molar-refractivity contribution in [3.05, 3.63) is 45.3 Å². The minimum absolute atomic E-state index is 0.00449. The topological polar surface area (TPSA) is 88.8 Å². The molecule has 2 N–H and O–H groups in total.